The number of carbonyl (C=O) groups excluding carboxylic acids is 1. The molecule has 1 unspecified atom stereocenters. The zero-order chi connectivity index (χ0) is 27.2. The summed E-state index contributed by atoms with van der Waals surface area (Å²) in [7, 11) is 4.77. The van der Waals surface area contributed by atoms with Crippen LogP contribution in [0.2, 0.25) is 5.02 Å². The van der Waals surface area contributed by atoms with Crippen LogP contribution in [0.4, 0.5) is 5.69 Å². The molecule has 1 heterocycles. The Hall–Kier alpha value is -3.95. The fourth-order valence-corrected chi connectivity index (χ4v) is 4.71. The van der Waals surface area contributed by atoms with Gasteiger partial charge in [-0.2, -0.15) is 0 Å². The van der Waals surface area contributed by atoms with Gasteiger partial charge in [-0.3, -0.25) is 10.2 Å². The molecule has 4 aromatic rings. The second-order valence-corrected chi connectivity index (χ2v) is 9.57. The maximum atomic E-state index is 13.3. The minimum atomic E-state index is -0.796. The number of amides is 1. The first-order valence-electron chi connectivity index (χ1n) is 11.7. The molecule has 0 saturated heterocycles. The molecule has 38 heavy (non-hydrogen) atoms. The van der Waals surface area contributed by atoms with Crippen molar-refractivity contribution in [2.45, 2.75) is 20.0 Å². The molecule has 0 radical (unpaired) electrons. The summed E-state index contributed by atoms with van der Waals surface area (Å²) in [6.45, 7) is 3.56. The molecule has 1 aromatic heterocycles. The van der Waals surface area contributed by atoms with Gasteiger partial charge in [0.2, 0.25) is 4.80 Å². The van der Waals surface area contributed by atoms with Crippen molar-refractivity contribution in [3.63, 3.8) is 0 Å². The summed E-state index contributed by atoms with van der Waals surface area (Å²) < 4.78 is 23.6. The summed E-state index contributed by atoms with van der Waals surface area (Å²) >= 11 is 7.43. The summed E-state index contributed by atoms with van der Waals surface area (Å²) in [5.74, 6) is 2.17. The number of hydrogen-bond donors (Lipinski definition) is 1. The maximum absolute atomic E-state index is 13.3. The van der Waals surface area contributed by atoms with Gasteiger partial charge in [0, 0.05) is 34.2 Å². The minimum absolute atomic E-state index is 0.350. The molecule has 4 rings (SSSR count). The number of carbonyl (C=O) groups is 1. The van der Waals surface area contributed by atoms with Crippen LogP contribution in [-0.4, -0.2) is 38.0 Å². The van der Waals surface area contributed by atoms with Crippen LogP contribution >= 0.6 is 22.9 Å². The van der Waals surface area contributed by atoms with Gasteiger partial charge in [0.25, 0.3) is 5.91 Å². The van der Waals surface area contributed by atoms with Crippen molar-refractivity contribution in [2.24, 2.45) is 4.99 Å². The number of nitrogens with zero attached hydrogens (tertiary/aromatic N) is 2. The number of benzene rings is 3. The third-order valence-electron chi connectivity index (χ3n) is 5.69. The highest BCUT2D eigenvalue weighted by atomic mass is 35.5. The van der Waals surface area contributed by atoms with Crippen LogP contribution < -0.4 is 29.2 Å². The van der Waals surface area contributed by atoms with E-state index in [-0.39, 0.29) is 5.91 Å². The number of ether oxygens (including phenoxy) is 4. The molecule has 0 spiro atoms. The summed E-state index contributed by atoms with van der Waals surface area (Å²) in [6.07, 6.45) is -0.796. The van der Waals surface area contributed by atoms with Gasteiger partial charge in [0.05, 0.1) is 32.7 Å². The summed E-state index contributed by atoms with van der Waals surface area (Å²) in [5.41, 5.74) is 6.02. The number of thiazole rings is 1. The molecular weight excluding hydrogens is 526 g/mol. The zero-order valence-corrected chi connectivity index (χ0v) is 23.2. The van der Waals surface area contributed by atoms with E-state index >= 15 is 0 Å². The van der Waals surface area contributed by atoms with Crippen LogP contribution in [0.5, 0.6) is 23.0 Å². The average molecular weight is 554 g/mol. The summed E-state index contributed by atoms with van der Waals surface area (Å²) in [5, 5.41) is 2.53. The van der Waals surface area contributed by atoms with Gasteiger partial charge < -0.3 is 18.9 Å². The Morgan fingerprint density at radius 1 is 0.947 bits per heavy atom. The number of rotatable bonds is 9. The van der Waals surface area contributed by atoms with Crippen molar-refractivity contribution >= 4 is 34.5 Å². The van der Waals surface area contributed by atoms with Crippen molar-refractivity contribution in [1.82, 2.24) is 4.68 Å². The summed E-state index contributed by atoms with van der Waals surface area (Å²) in [6, 6.07) is 18.2. The molecule has 0 fully saturated rings. The summed E-state index contributed by atoms with van der Waals surface area (Å²) in [4.78, 5) is 18.6. The van der Waals surface area contributed by atoms with E-state index in [1.165, 1.54) is 11.3 Å². The lowest BCUT2D eigenvalue weighted by molar-refractivity contribution is -0.123. The van der Waals surface area contributed by atoms with E-state index in [9.17, 15) is 4.79 Å². The molecule has 0 aliphatic carbocycles. The lowest BCUT2D eigenvalue weighted by Crippen LogP contribution is -2.39. The first-order chi connectivity index (χ1) is 18.3. The number of hydrogen-bond acceptors (Lipinski definition) is 7. The van der Waals surface area contributed by atoms with Crippen molar-refractivity contribution in [3.8, 4) is 34.3 Å². The van der Waals surface area contributed by atoms with Crippen molar-refractivity contribution in [3.05, 3.63) is 81.4 Å². The standard InChI is InChI=1S/C28H28ClN3O5S/c1-17-12-20(29)8-11-26(17)37-18(2)27(33)31-32-25(19-6-9-22(34-3)10-7-19)16-38-28(32)30-21-13-23(35-4)15-24(14-21)36-5/h6-16,18H,1-5H3,(H,31,33). The molecule has 1 atom stereocenters. The van der Waals surface area contributed by atoms with Gasteiger partial charge in [-0.1, -0.05) is 11.6 Å². The molecule has 0 aliphatic rings. The van der Waals surface area contributed by atoms with Crippen LogP contribution in [0, 0.1) is 6.92 Å². The predicted molar refractivity (Wildman–Crippen MR) is 150 cm³/mol. The zero-order valence-electron chi connectivity index (χ0n) is 21.7. The van der Waals surface area contributed by atoms with E-state index in [0.717, 1.165) is 22.6 Å². The third-order valence-corrected chi connectivity index (χ3v) is 6.75. The second kappa shape index (κ2) is 12.1. The highest BCUT2D eigenvalue weighted by Crippen LogP contribution is 2.28. The molecule has 1 amide bonds. The smallest absolute Gasteiger partial charge is 0.279 e. The molecule has 0 aliphatic heterocycles. The predicted octanol–water partition coefficient (Wildman–Crippen LogP) is 5.97. The topological polar surface area (TPSA) is 83.3 Å². The molecule has 0 saturated carbocycles. The molecule has 3 aromatic carbocycles. The number of nitrogens with one attached hydrogen (secondary N) is 1. The molecule has 10 heteroatoms. The lowest BCUT2D eigenvalue weighted by atomic mass is 10.2. The van der Waals surface area contributed by atoms with Gasteiger partial charge in [0.1, 0.15) is 23.0 Å². The van der Waals surface area contributed by atoms with E-state index in [4.69, 9.17) is 35.5 Å². The van der Waals surface area contributed by atoms with Crippen LogP contribution in [0.3, 0.4) is 0 Å². The van der Waals surface area contributed by atoms with Crippen LogP contribution in [-0.2, 0) is 4.79 Å². The van der Waals surface area contributed by atoms with Crippen molar-refractivity contribution in [2.75, 3.05) is 26.8 Å². The minimum Gasteiger partial charge on any atom is -0.497 e. The van der Waals surface area contributed by atoms with E-state index in [1.54, 1.807) is 69.3 Å². The fraction of sp³-hybridized carbons (Fsp3) is 0.214. The highest BCUT2D eigenvalue weighted by Gasteiger charge is 2.19. The van der Waals surface area contributed by atoms with Crippen LogP contribution in [0.25, 0.3) is 11.3 Å². The first kappa shape index (κ1) is 27.1. The Kier molecular flexibility index (Phi) is 8.60. The number of methoxy groups -OCH3 is 3. The largest absolute Gasteiger partial charge is 0.497 e. The first-order valence-corrected chi connectivity index (χ1v) is 12.9. The molecule has 198 valence electrons. The Balaban J connectivity index is 1.72. The highest BCUT2D eigenvalue weighted by molar-refractivity contribution is 7.07. The van der Waals surface area contributed by atoms with Gasteiger partial charge in [0.15, 0.2) is 6.10 Å². The van der Waals surface area contributed by atoms with E-state index in [0.29, 0.717) is 32.8 Å². The van der Waals surface area contributed by atoms with E-state index in [1.807, 2.05) is 36.6 Å². The van der Waals surface area contributed by atoms with Gasteiger partial charge >= 0.3 is 0 Å². The third kappa shape index (κ3) is 6.30. The van der Waals surface area contributed by atoms with Gasteiger partial charge in [-0.05, 0) is 61.9 Å². The Morgan fingerprint density at radius 2 is 1.61 bits per heavy atom. The molecule has 8 nitrogen and oxygen atoms in total. The average Bonchev–Trinajstić information content (AvgIpc) is 3.31. The fourth-order valence-electron chi connectivity index (χ4n) is 3.62. The lowest BCUT2D eigenvalue weighted by Gasteiger charge is -2.18. The maximum Gasteiger partial charge on any atom is 0.279 e. The Morgan fingerprint density at radius 3 is 2.21 bits per heavy atom. The normalized spacial score (nSPS) is 12.1. The van der Waals surface area contributed by atoms with Gasteiger partial charge in [-0.25, -0.2) is 9.67 Å². The van der Waals surface area contributed by atoms with Gasteiger partial charge in [-0.15, -0.1) is 11.3 Å². The molecule has 0 bridgehead atoms. The van der Waals surface area contributed by atoms with E-state index in [2.05, 4.69) is 5.43 Å². The number of aryl methyl sites for hydroxylation is 1. The van der Waals surface area contributed by atoms with Crippen LogP contribution in [0.1, 0.15) is 12.5 Å². The monoisotopic (exact) mass is 553 g/mol. The van der Waals surface area contributed by atoms with E-state index < -0.39 is 6.10 Å². The molecular formula is C28H28ClN3O5S. The van der Waals surface area contributed by atoms with Crippen molar-refractivity contribution < 1.29 is 23.7 Å². The number of halogens is 1. The van der Waals surface area contributed by atoms with Crippen molar-refractivity contribution in [1.29, 1.82) is 0 Å². The number of aromatic nitrogens is 1. The molecule has 1 N–H and O–H groups in total. The Bertz CT molecular complexity index is 1480. The SMILES string of the molecule is COc1ccc(-c2csc(=Nc3cc(OC)cc(OC)c3)n2NC(=O)C(C)Oc2ccc(Cl)cc2C)cc1. The van der Waals surface area contributed by atoms with Crippen LogP contribution in [0.15, 0.2) is 71.0 Å². The Labute approximate surface area is 230 Å². The quantitative estimate of drug-likeness (QED) is 0.276. The second-order valence-electron chi connectivity index (χ2n) is 8.30.